The van der Waals surface area contributed by atoms with E-state index in [1.807, 2.05) is 0 Å². The molecule has 98 valence electrons. The van der Waals surface area contributed by atoms with Crippen molar-refractivity contribution in [3.8, 4) is 11.5 Å². The van der Waals surface area contributed by atoms with E-state index in [-0.39, 0.29) is 23.5 Å². The van der Waals surface area contributed by atoms with Gasteiger partial charge in [0.05, 0.1) is 5.56 Å². The minimum Gasteiger partial charge on any atom is -0.508 e. The number of carboxylic acids is 1. The van der Waals surface area contributed by atoms with Crippen molar-refractivity contribution in [2.45, 2.75) is 19.4 Å². The second-order valence-electron chi connectivity index (χ2n) is 3.88. The molecule has 0 aliphatic carbocycles. The van der Waals surface area contributed by atoms with Gasteiger partial charge in [0.25, 0.3) is 5.91 Å². The van der Waals surface area contributed by atoms with Crippen LogP contribution < -0.4 is 0 Å². The fourth-order valence-corrected chi connectivity index (χ4v) is 1.64. The van der Waals surface area contributed by atoms with Crippen LogP contribution in [0.15, 0.2) is 18.2 Å². The number of carbonyl (C=O) groups is 2. The van der Waals surface area contributed by atoms with Crippen molar-refractivity contribution >= 4 is 11.9 Å². The molecule has 1 unspecified atom stereocenters. The van der Waals surface area contributed by atoms with Crippen LogP contribution in [0.4, 0.5) is 0 Å². The molecule has 1 atom stereocenters. The lowest BCUT2D eigenvalue weighted by molar-refractivity contribution is -0.142. The van der Waals surface area contributed by atoms with Crippen LogP contribution in [-0.4, -0.2) is 45.2 Å². The lowest BCUT2D eigenvalue weighted by Gasteiger charge is -2.24. The van der Waals surface area contributed by atoms with E-state index in [4.69, 9.17) is 5.11 Å². The molecule has 3 N–H and O–H groups in total. The highest BCUT2D eigenvalue weighted by atomic mass is 16.4. The number of amides is 1. The molecule has 0 spiro atoms. The van der Waals surface area contributed by atoms with Gasteiger partial charge in [-0.05, 0) is 24.6 Å². The third-order valence-corrected chi connectivity index (χ3v) is 2.67. The molecule has 6 nitrogen and oxygen atoms in total. The number of likely N-dealkylation sites (N-methyl/N-ethyl adjacent to an activating group) is 1. The third kappa shape index (κ3) is 2.71. The van der Waals surface area contributed by atoms with Crippen LogP contribution in [0.1, 0.15) is 23.7 Å². The Hall–Kier alpha value is -2.24. The molecule has 0 aliphatic heterocycles. The molecule has 0 fully saturated rings. The number of carbonyl (C=O) groups excluding carboxylic acids is 1. The van der Waals surface area contributed by atoms with Crippen molar-refractivity contribution in [1.82, 2.24) is 4.90 Å². The number of hydrogen-bond donors (Lipinski definition) is 3. The fourth-order valence-electron chi connectivity index (χ4n) is 1.64. The van der Waals surface area contributed by atoms with E-state index in [1.54, 1.807) is 6.92 Å². The zero-order valence-corrected chi connectivity index (χ0v) is 10.1. The topological polar surface area (TPSA) is 98.1 Å². The van der Waals surface area contributed by atoms with Crippen LogP contribution in [0.3, 0.4) is 0 Å². The van der Waals surface area contributed by atoms with Crippen molar-refractivity contribution in [3.63, 3.8) is 0 Å². The number of aliphatic carboxylic acids is 1. The normalized spacial score (nSPS) is 11.9. The van der Waals surface area contributed by atoms with Gasteiger partial charge in [-0.25, -0.2) is 4.79 Å². The molecule has 0 radical (unpaired) electrons. The summed E-state index contributed by atoms with van der Waals surface area (Å²) in [6.45, 7) is 1.64. The molecule has 0 saturated carbocycles. The van der Waals surface area contributed by atoms with E-state index in [1.165, 1.54) is 19.2 Å². The van der Waals surface area contributed by atoms with E-state index in [2.05, 4.69) is 0 Å². The van der Waals surface area contributed by atoms with Crippen molar-refractivity contribution < 1.29 is 24.9 Å². The predicted molar refractivity (Wildman–Crippen MR) is 63.6 cm³/mol. The quantitative estimate of drug-likeness (QED) is 0.696. The summed E-state index contributed by atoms with van der Waals surface area (Å²) in [5.41, 5.74) is -0.128. The van der Waals surface area contributed by atoms with Gasteiger partial charge >= 0.3 is 5.97 Å². The van der Waals surface area contributed by atoms with Gasteiger partial charge in [-0.1, -0.05) is 6.92 Å². The van der Waals surface area contributed by atoms with Crippen LogP contribution >= 0.6 is 0 Å². The van der Waals surface area contributed by atoms with Crippen LogP contribution in [0, 0.1) is 0 Å². The minimum absolute atomic E-state index is 0.128. The second-order valence-corrected chi connectivity index (χ2v) is 3.88. The SMILES string of the molecule is CCC(C(=O)O)N(C)C(=O)c1cc(O)ccc1O. The number of carboxylic acid groups (broad SMARTS) is 1. The monoisotopic (exact) mass is 253 g/mol. The standard InChI is InChI=1S/C12H15NO5/c1-3-9(12(17)18)13(2)11(16)8-6-7(14)4-5-10(8)15/h4-6,9,14-15H,3H2,1-2H3,(H,17,18). The molecule has 1 rings (SSSR count). The first-order chi connectivity index (χ1) is 8.38. The Kier molecular flexibility index (Phi) is 4.14. The van der Waals surface area contributed by atoms with Gasteiger partial charge in [0.1, 0.15) is 17.5 Å². The highest BCUT2D eigenvalue weighted by molar-refractivity contribution is 5.99. The highest BCUT2D eigenvalue weighted by Crippen LogP contribution is 2.24. The molecular weight excluding hydrogens is 238 g/mol. The Balaban J connectivity index is 3.06. The average molecular weight is 253 g/mol. The Morgan fingerprint density at radius 1 is 1.33 bits per heavy atom. The van der Waals surface area contributed by atoms with Gasteiger partial charge in [-0.15, -0.1) is 0 Å². The smallest absolute Gasteiger partial charge is 0.326 e. The lowest BCUT2D eigenvalue weighted by Crippen LogP contribution is -2.41. The highest BCUT2D eigenvalue weighted by Gasteiger charge is 2.27. The van der Waals surface area contributed by atoms with E-state index in [9.17, 15) is 19.8 Å². The number of phenols is 2. The van der Waals surface area contributed by atoms with Gasteiger partial charge in [0.2, 0.25) is 0 Å². The summed E-state index contributed by atoms with van der Waals surface area (Å²) >= 11 is 0. The molecule has 0 bridgehead atoms. The fraction of sp³-hybridized carbons (Fsp3) is 0.333. The number of nitrogens with zero attached hydrogens (tertiary/aromatic N) is 1. The second kappa shape index (κ2) is 5.39. The molecule has 0 heterocycles. The van der Waals surface area contributed by atoms with Gasteiger partial charge in [0, 0.05) is 7.05 Å². The van der Waals surface area contributed by atoms with Crippen LogP contribution in [0.25, 0.3) is 0 Å². The van der Waals surface area contributed by atoms with E-state index in [0.717, 1.165) is 11.0 Å². The molecule has 1 amide bonds. The van der Waals surface area contributed by atoms with Crippen molar-refractivity contribution in [2.75, 3.05) is 7.05 Å². The summed E-state index contributed by atoms with van der Waals surface area (Å²) in [5, 5.41) is 27.8. The number of rotatable bonds is 4. The summed E-state index contributed by atoms with van der Waals surface area (Å²) in [7, 11) is 1.34. The molecule has 18 heavy (non-hydrogen) atoms. The van der Waals surface area contributed by atoms with Gasteiger partial charge in [0.15, 0.2) is 0 Å². The van der Waals surface area contributed by atoms with E-state index in [0.29, 0.717) is 0 Å². The molecule has 1 aromatic rings. The third-order valence-electron chi connectivity index (χ3n) is 2.67. The number of benzene rings is 1. The molecule has 0 aliphatic rings. The van der Waals surface area contributed by atoms with Crippen molar-refractivity contribution in [1.29, 1.82) is 0 Å². The largest absolute Gasteiger partial charge is 0.508 e. The Labute approximate surface area is 104 Å². The van der Waals surface area contributed by atoms with Gasteiger partial charge in [-0.2, -0.15) is 0 Å². The maximum atomic E-state index is 12.0. The summed E-state index contributed by atoms with van der Waals surface area (Å²) in [6.07, 6.45) is 0.247. The van der Waals surface area contributed by atoms with Gasteiger partial charge < -0.3 is 20.2 Å². The van der Waals surface area contributed by atoms with Crippen molar-refractivity contribution in [2.24, 2.45) is 0 Å². The summed E-state index contributed by atoms with van der Waals surface area (Å²) in [5.74, 6) is -2.25. The maximum Gasteiger partial charge on any atom is 0.326 e. The molecule has 6 heteroatoms. The lowest BCUT2D eigenvalue weighted by atomic mass is 10.1. The first kappa shape index (κ1) is 13.8. The first-order valence-electron chi connectivity index (χ1n) is 5.40. The van der Waals surface area contributed by atoms with Crippen LogP contribution in [-0.2, 0) is 4.79 Å². The maximum absolute atomic E-state index is 12.0. The van der Waals surface area contributed by atoms with E-state index >= 15 is 0 Å². The predicted octanol–water partition coefficient (Wildman–Crippen LogP) is 1.03. The Morgan fingerprint density at radius 3 is 2.44 bits per heavy atom. The molecular formula is C12H15NO5. The van der Waals surface area contributed by atoms with E-state index < -0.39 is 17.9 Å². The molecule has 0 aromatic heterocycles. The summed E-state index contributed by atoms with van der Waals surface area (Å²) in [6, 6.07) is 2.54. The van der Waals surface area contributed by atoms with Crippen LogP contribution in [0.5, 0.6) is 11.5 Å². The minimum atomic E-state index is -1.12. The summed E-state index contributed by atoms with van der Waals surface area (Å²) < 4.78 is 0. The zero-order valence-electron chi connectivity index (χ0n) is 10.1. The Morgan fingerprint density at radius 2 is 1.94 bits per heavy atom. The zero-order chi connectivity index (χ0) is 13.9. The number of phenolic OH excluding ortho intramolecular Hbond substituents is 2. The number of hydrogen-bond acceptors (Lipinski definition) is 4. The average Bonchev–Trinajstić information content (AvgIpc) is 2.31. The molecule has 1 aromatic carbocycles. The van der Waals surface area contributed by atoms with Gasteiger partial charge in [-0.3, -0.25) is 4.79 Å². The molecule has 0 saturated heterocycles. The number of aromatic hydroxyl groups is 2. The first-order valence-corrected chi connectivity index (χ1v) is 5.40. The van der Waals surface area contributed by atoms with Crippen LogP contribution in [0.2, 0.25) is 0 Å². The van der Waals surface area contributed by atoms with Crippen molar-refractivity contribution in [3.05, 3.63) is 23.8 Å². The summed E-state index contributed by atoms with van der Waals surface area (Å²) in [4.78, 5) is 24.0. The Bertz CT molecular complexity index is 472.